The third-order valence-corrected chi connectivity index (χ3v) is 5.14. The Morgan fingerprint density at radius 3 is 2.55 bits per heavy atom. The molecule has 1 saturated carbocycles. The van der Waals surface area contributed by atoms with Crippen molar-refractivity contribution < 1.29 is 0 Å². The second-order valence-corrected chi connectivity index (χ2v) is 6.53. The fraction of sp³-hybridized carbons (Fsp3) is 0.471. The number of benzene rings is 1. The summed E-state index contributed by atoms with van der Waals surface area (Å²) in [6, 6.07) is 9.65. The van der Waals surface area contributed by atoms with Gasteiger partial charge in [-0.1, -0.05) is 43.5 Å². The van der Waals surface area contributed by atoms with Crippen molar-refractivity contribution >= 4 is 11.3 Å². The lowest BCUT2D eigenvalue weighted by Crippen LogP contribution is -2.30. The Bertz CT molecular complexity index is 538. The lowest BCUT2D eigenvalue weighted by atomic mass is 9.95. The quantitative estimate of drug-likeness (QED) is 0.892. The van der Waals surface area contributed by atoms with Crippen molar-refractivity contribution in [1.29, 1.82) is 0 Å². The van der Waals surface area contributed by atoms with Crippen LogP contribution in [0.1, 0.15) is 43.4 Å². The Balaban J connectivity index is 1.60. The highest BCUT2D eigenvalue weighted by Gasteiger charge is 2.12. The number of thiazole rings is 1. The number of aryl methyl sites for hydroxylation is 1. The topological polar surface area (TPSA) is 24.9 Å². The molecule has 0 amide bonds. The molecule has 2 nitrogen and oxygen atoms in total. The summed E-state index contributed by atoms with van der Waals surface area (Å²) in [5.74, 6) is 0. The minimum Gasteiger partial charge on any atom is -0.310 e. The van der Waals surface area contributed by atoms with Crippen molar-refractivity contribution in [2.24, 2.45) is 0 Å². The molecule has 1 aliphatic carbocycles. The van der Waals surface area contributed by atoms with Gasteiger partial charge < -0.3 is 5.32 Å². The van der Waals surface area contributed by atoms with Gasteiger partial charge in [-0.25, -0.2) is 4.98 Å². The molecular formula is C17H22N2S. The third-order valence-electron chi connectivity index (χ3n) is 4.16. The van der Waals surface area contributed by atoms with E-state index in [1.54, 1.807) is 11.3 Å². The van der Waals surface area contributed by atoms with E-state index in [4.69, 9.17) is 0 Å². The van der Waals surface area contributed by atoms with Crippen molar-refractivity contribution in [2.45, 2.75) is 51.6 Å². The Hall–Kier alpha value is -1.19. The molecule has 3 rings (SSSR count). The average molecular weight is 286 g/mol. The predicted octanol–water partition coefficient (Wildman–Crippen LogP) is 4.54. The molecule has 1 heterocycles. The van der Waals surface area contributed by atoms with Crippen LogP contribution < -0.4 is 5.32 Å². The van der Waals surface area contributed by atoms with E-state index in [1.165, 1.54) is 48.1 Å². The Morgan fingerprint density at radius 2 is 1.90 bits per heavy atom. The maximum Gasteiger partial charge on any atom is 0.0801 e. The van der Waals surface area contributed by atoms with Gasteiger partial charge in [-0.15, -0.1) is 11.3 Å². The Labute approximate surface area is 125 Å². The van der Waals surface area contributed by atoms with E-state index < -0.39 is 0 Å². The summed E-state index contributed by atoms with van der Waals surface area (Å²) in [6.07, 6.45) is 6.89. The van der Waals surface area contributed by atoms with Gasteiger partial charge in [0.2, 0.25) is 0 Å². The molecular weight excluding hydrogens is 264 g/mol. The van der Waals surface area contributed by atoms with Crippen LogP contribution in [-0.2, 0) is 6.54 Å². The van der Waals surface area contributed by atoms with Crippen molar-refractivity contribution in [2.75, 3.05) is 0 Å². The van der Waals surface area contributed by atoms with Gasteiger partial charge >= 0.3 is 0 Å². The van der Waals surface area contributed by atoms with Crippen LogP contribution in [0.25, 0.3) is 10.4 Å². The van der Waals surface area contributed by atoms with Crippen molar-refractivity contribution in [3.8, 4) is 10.4 Å². The first-order valence-electron chi connectivity index (χ1n) is 7.56. The highest BCUT2D eigenvalue weighted by Crippen LogP contribution is 2.27. The Kier molecular flexibility index (Phi) is 4.48. The van der Waals surface area contributed by atoms with Crippen molar-refractivity contribution in [3.05, 3.63) is 41.0 Å². The van der Waals surface area contributed by atoms with Crippen LogP contribution in [0.2, 0.25) is 0 Å². The molecule has 0 spiro atoms. The number of nitrogens with zero attached hydrogens (tertiary/aromatic N) is 1. The van der Waals surface area contributed by atoms with Crippen molar-refractivity contribution in [1.82, 2.24) is 10.3 Å². The fourth-order valence-electron chi connectivity index (χ4n) is 2.92. The van der Waals surface area contributed by atoms with E-state index in [9.17, 15) is 0 Å². The summed E-state index contributed by atoms with van der Waals surface area (Å²) in [7, 11) is 0. The zero-order chi connectivity index (χ0) is 13.8. The van der Waals surface area contributed by atoms with Gasteiger partial charge in [0.1, 0.15) is 0 Å². The molecule has 0 radical (unpaired) electrons. The Morgan fingerprint density at radius 1 is 1.15 bits per heavy atom. The zero-order valence-corrected chi connectivity index (χ0v) is 12.9. The molecule has 3 heteroatoms. The monoisotopic (exact) mass is 286 g/mol. The fourth-order valence-corrected chi connectivity index (χ4v) is 3.73. The molecule has 1 aromatic heterocycles. The SMILES string of the molecule is Cc1ncsc1-c1ccc(CNC2CCCCC2)cc1. The second kappa shape index (κ2) is 6.51. The standard InChI is InChI=1S/C17H22N2S/c1-13-17(20-12-19-13)15-9-7-14(8-10-15)11-18-16-5-3-2-4-6-16/h7-10,12,16,18H,2-6,11H2,1H3. The molecule has 0 aliphatic heterocycles. The number of hydrogen-bond donors (Lipinski definition) is 1. The predicted molar refractivity (Wildman–Crippen MR) is 86.0 cm³/mol. The first-order chi connectivity index (χ1) is 9.83. The van der Waals surface area contributed by atoms with Crippen LogP contribution in [0.4, 0.5) is 0 Å². The van der Waals surface area contributed by atoms with Gasteiger partial charge in [-0.2, -0.15) is 0 Å². The zero-order valence-electron chi connectivity index (χ0n) is 12.1. The van der Waals surface area contributed by atoms with E-state index in [0.29, 0.717) is 0 Å². The number of nitrogens with one attached hydrogen (secondary N) is 1. The van der Waals surface area contributed by atoms with Gasteiger partial charge in [0, 0.05) is 12.6 Å². The molecule has 0 bridgehead atoms. The summed E-state index contributed by atoms with van der Waals surface area (Å²) in [5, 5.41) is 3.69. The second-order valence-electron chi connectivity index (χ2n) is 5.68. The van der Waals surface area contributed by atoms with Gasteiger partial charge in [0.05, 0.1) is 16.1 Å². The number of aromatic nitrogens is 1. The minimum atomic E-state index is 0.729. The first-order valence-corrected chi connectivity index (χ1v) is 8.43. The van der Waals surface area contributed by atoms with E-state index in [1.807, 2.05) is 5.51 Å². The van der Waals surface area contributed by atoms with Crippen LogP contribution in [0, 0.1) is 6.92 Å². The van der Waals surface area contributed by atoms with Gasteiger partial charge in [-0.05, 0) is 30.9 Å². The number of rotatable bonds is 4. The van der Waals surface area contributed by atoms with Crippen LogP contribution in [0.15, 0.2) is 29.8 Å². The summed E-state index contributed by atoms with van der Waals surface area (Å²) >= 11 is 1.72. The smallest absolute Gasteiger partial charge is 0.0801 e. The summed E-state index contributed by atoms with van der Waals surface area (Å²) < 4.78 is 0. The highest BCUT2D eigenvalue weighted by atomic mass is 32.1. The summed E-state index contributed by atoms with van der Waals surface area (Å²) in [6.45, 7) is 3.07. The molecule has 0 saturated heterocycles. The summed E-state index contributed by atoms with van der Waals surface area (Å²) in [4.78, 5) is 5.61. The largest absolute Gasteiger partial charge is 0.310 e. The van der Waals surface area contributed by atoms with E-state index in [-0.39, 0.29) is 0 Å². The molecule has 0 atom stereocenters. The molecule has 1 fully saturated rings. The van der Waals surface area contributed by atoms with E-state index in [2.05, 4.69) is 41.5 Å². The molecule has 1 aliphatic rings. The van der Waals surface area contributed by atoms with Crippen LogP contribution in [0.3, 0.4) is 0 Å². The highest BCUT2D eigenvalue weighted by molar-refractivity contribution is 7.13. The first kappa shape index (κ1) is 13.8. The third kappa shape index (κ3) is 3.28. The van der Waals surface area contributed by atoms with Crippen molar-refractivity contribution in [3.63, 3.8) is 0 Å². The average Bonchev–Trinajstić information content (AvgIpc) is 2.93. The lowest BCUT2D eigenvalue weighted by Gasteiger charge is -2.22. The molecule has 2 aromatic rings. The van der Waals surface area contributed by atoms with Gasteiger partial charge in [-0.3, -0.25) is 0 Å². The van der Waals surface area contributed by atoms with Gasteiger partial charge in [0.15, 0.2) is 0 Å². The molecule has 1 aromatic carbocycles. The molecule has 20 heavy (non-hydrogen) atoms. The van der Waals surface area contributed by atoms with Crippen LogP contribution in [0.5, 0.6) is 0 Å². The molecule has 0 unspecified atom stereocenters. The minimum absolute atomic E-state index is 0.729. The van der Waals surface area contributed by atoms with E-state index >= 15 is 0 Å². The van der Waals surface area contributed by atoms with Crippen LogP contribution >= 0.6 is 11.3 Å². The lowest BCUT2D eigenvalue weighted by molar-refractivity contribution is 0.372. The normalized spacial score (nSPS) is 16.4. The number of hydrogen-bond acceptors (Lipinski definition) is 3. The molecule has 1 N–H and O–H groups in total. The van der Waals surface area contributed by atoms with Gasteiger partial charge in [0.25, 0.3) is 0 Å². The maximum absolute atomic E-state index is 4.32. The maximum atomic E-state index is 4.32. The van der Waals surface area contributed by atoms with E-state index in [0.717, 1.165) is 18.3 Å². The van der Waals surface area contributed by atoms with Crippen LogP contribution in [-0.4, -0.2) is 11.0 Å². The summed E-state index contributed by atoms with van der Waals surface area (Å²) in [5.41, 5.74) is 5.71. The molecule has 106 valence electrons.